The van der Waals surface area contributed by atoms with Crippen molar-refractivity contribution in [2.75, 3.05) is 0 Å². The summed E-state index contributed by atoms with van der Waals surface area (Å²) in [6, 6.07) is 10.6. The predicted octanol–water partition coefficient (Wildman–Crippen LogP) is 5.76. The fourth-order valence-electron chi connectivity index (χ4n) is 5.38. The van der Waals surface area contributed by atoms with Gasteiger partial charge in [0.05, 0.1) is 11.1 Å². The van der Waals surface area contributed by atoms with Crippen LogP contribution < -0.4 is 11.1 Å². The van der Waals surface area contributed by atoms with Crippen molar-refractivity contribution in [2.45, 2.75) is 64.8 Å². The molecule has 0 saturated heterocycles. The lowest BCUT2D eigenvalue weighted by atomic mass is 9.87. The third kappa shape index (κ3) is 5.50. The third-order valence-electron chi connectivity index (χ3n) is 7.52. The van der Waals surface area contributed by atoms with Crippen LogP contribution in [0.1, 0.15) is 79.5 Å². The highest BCUT2D eigenvalue weighted by Crippen LogP contribution is 2.33. The van der Waals surface area contributed by atoms with Gasteiger partial charge >= 0.3 is 0 Å². The monoisotopic (exact) mass is 491 g/mol. The lowest BCUT2D eigenvalue weighted by Crippen LogP contribution is -2.32. The molecule has 0 bridgehead atoms. The summed E-state index contributed by atoms with van der Waals surface area (Å²) in [6.45, 7) is 3.91. The van der Waals surface area contributed by atoms with Gasteiger partial charge in [-0.3, -0.25) is 14.4 Å². The van der Waals surface area contributed by atoms with Crippen molar-refractivity contribution in [1.29, 1.82) is 0 Å². The SMILES string of the molecule is CCC(=O)NC1CCC(CCC(CC)C(=O)c2ccc(-c3cc(F)c4[nH]cc(C(N)=O)c4c3)cc2)C1. The molecule has 3 aromatic rings. The van der Waals surface area contributed by atoms with Crippen LogP contribution in [0.3, 0.4) is 0 Å². The van der Waals surface area contributed by atoms with Crippen LogP contribution in [0.4, 0.5) is 4.39 Å². The molecule has 1 aliphatic rings. The summed E-state index contributed by atoms with van der Waals surface area (Å²) in [7, 11) is 0. The largest absolute Gasteiger partial charge is 0.366 e. The van der Waals surface area contributed by atoms with Crippen molar-refractivity contribution in [1.82, 2.24) is 10.3 Å². The Kier molecular flexibility index (Phi) is 7.87. The molecule has 7 heteroatoms. The number of aromatic amines is 1. The van der Waals surface area contributed by atoms with Crippen LogP contribution >= 0.6 is 0 Å². The maximum absolute atomic E-state index is 14.6. The van der Waals surface area contributed by atoms with Gasteiger partial charge in [-0.2, -0.15) is 0 Å². The highest BCUT2D eigenvalue weighted by Gasteiger charge is 2.27. The first-order chi connectivity index (χ1) is 17.3. The van der Waals surface area contributed by atoms with E-state index in [1.165, 1.54) is 12.3 Å². The van der Waals surface area contributed by atoms with Gasteiger partial charge in [0.2, 0.25) is 5.91 Å². The van der Waals surface area contributed by atoms with E-state index in [-0.39, 0.29) is 34.7 Å². The molecule has 1 aliphatic carbocycles. The molecule has 0 spiro atoms. The summed E-state index contributed by atoms with van der Waals surface area (Å²) in [5, 5.41) is 3.53. The second-order valence-corrected chi connectivity index (χ2v) is 9.87. The van der Waals surface area contributed by atoms with Gasteiger partial charge in [0, 0.05) is 35.5 Å². The van der Waals surface area contributed by atoms with Crippen LogP contribution in [-0.2, 0) is 4.79 Å². The van der Waals surface area contributed by atoms with Gasteiger partial charge in [-0.1, -0.05) is 38.1 Å². The van der Waals surface area contributed by atoms with Crippen molar-refractivity contribution in [3.8, 4) is 11.1 Å². The molecule has 0 aliphatic heterocycles. The molecule has 4 N–H and O–H groups in total. The summed E-state index contributed by atoms with van der Waals surface area (Å²) in [5.41, 5.74) is 7.91. The number of hydrogen-bond donors (Lipinski definition) is 3. The fraction of sp³-hybridized carbons (Fsp3) is 0.414. The van der Waals surface area contributed by atoms with Crippen LogP contribution in [0.2, 0.25) is 0 Å². The Morgan fingerprint density at radius 2 is 1.86 bits per heavy atom. The number of ketones is 1. The Balaban J connectivity index is 1.42. The zero-order valence-electron chi connectivity index (χ0n) is 20.9. The Bertz CT molecular complexity index is 1260. The fourth-order valence-corrected chi connectivity index (χ4v) is 5.38. The Morgan fingerprint density at radius 1 is 1.11 bits per heavy atom. The van der Waals surface area contributed by atoms with Gasteiger partial charge in [-0.15, -0.1) is 0 Å². The predicted molar refractivity (Wildman–Crippen MR) is 139 cm³/mol. The number of carbonyl (C=O) groups excluding carboxylic acids is 3. The van der Waals surface area contributed by atoms with Gasteiger partial charge in [-0.05, 0) is 67.7 Å². The quantitative estimate of drug-likeness (QED) is 0.314. The van der Waals surface area contributed by atoms with E-state index in [2.05, 4.69) is 10.3 Å². The lowest BCUT2D eigenvalue weighted by Gasteiger charge is -2.17. The van der Waals surface area contributed by atoms with Crippen LogP contribution in [0.5, 0.6) is 0 Å². The molecule has 36 heavy (non-hydrogen) atoms. The summed E-state index contributed by atoms with van der Waals surface area (Å²) < 4.78 is 14.6. The van der Waals surface area contributed by atoms with Crippen molar-refractivity contribution in [2.24, 2.45) is 17.6 Å². The number of fused-ring (bicyclic) bond motifs is 1. The average Bonchev–Trinajstić information content (AvgIpc) is 3.51. The van der Waals surface area contributed by atoms with E-state index in [1.807, 2.05) is 26.0 Å². The molecule has 0 radical (unpaired) electrons. The molecule has 6 nitrogen and oxygen atoms in total. The number of carbonyl (C=O) groups is 3. The van der Waals surface area contributed by atoms with Gasteiger partial charge in [0.1, 0.15) is 5.82 Å². The second-order valence-electron chi connectivity index (χ2n) is 9.87. The molecule has 1 heterocycles. The van der Waals surface area contributed by atoms with E-state index in [1.54, 1.807) is 18.2 Å². The maximum atomic E-state index is 14.6. The van der Waals surface area contributed by atoms with Crippen molar-refractivity contribution < 1.29 is 18.8 Å². The second kappa shape index (κ2) is 11.1. The maximum Gasteiger partial charge on any atom is 0.250 e. The lowest BCUT2D eigenvalue weighted by molar-refractivity contribution is -0.121. The van der Waals surface area contributed by atoms with Gasteiger partial charge < -0.3 is 16.0 Å². The number of rotatable bonds is 10. The first kappa shape index (κ1) is 25.6. The molecule has 2 amide bonds. The minimum Gasteiger partial charge on any atom is -0.366 e. The van der Waals surface area contributed by atoms with Crippen molar-refractivity contribution in [3.05, 3.63) is 59.5 Å². The standard InChI is InChI=1S/C29H34FN3O3/c1-3-18(7-5-17-6-12-22(13-17)33-26(34)4-2)28(35)20-10-8-19(9-11-20)21-14-23-24(29(31)36)16-32-27(23)25(30)15-21/h8-11,14-18,22,32H,3-7,12-13H2,1-2H3,(H2,31,36)(H,33,34). The number of primary amides is 1. The first-order valence-corrected chi connectivity index (χ1v) is 12.8. The number of amides is 2. The molecule has 1 saturated carbocycles. The molecular formula is C29H34FN3O3. The number of Topliss-reactive ketones (excluding diaryl/α,β-unsaturated/α-hetero) is 1. The number of H-pyrrole nitrogens is 1. The van der Waals surface area contributed by atoms with E-state index in [0.717, 1.165) is 44.1 Å². The van der Waals surface area contributed by atoms with Crippen LogP contribution in [0.15, 0.2) is 42.6 Å². The number of nitrogens with two attached hydrogens (primary N) is 1. The number of aromatic nitrogens is 1. The summed E-state index contributed by atoms with van der Waals surface area (Å²) >= 11 is 0. The van der Waals surface area contributed by atoms with E-state index in [4.69, 9.17) is 5.73 Å². The zero-order valence-corrected chi connectivity index (χ0v) is 20.9. The van der Waals surface area contributed by atoms with E-state index < -0.39 is 11.7 Å². The molecule has 1 aromatic heterocycles. The molecule has 3 unspecified atom stereocenters. The highest BCUT2D eigenvalue weighted by molar-refractivity contribution is 6.07. The van der Waals surface area contributed by atoms with Crippen molar-refractivity contribution >= 4 is 28.5 Å². The summed E-state index contributed by atoms with van der Waals surface area (Å²) in [5.74, 6) is -0.365. The smallest absolute Gasteiger partial charge is 0.250 e. The van der Waals surface area contributed by atoms with Crippen molar-refractivity contribution in [3.63, 3.8) is 0 Å². The number of hydrogen-bond acceptors (Lipinski definition) is 3. The molecular weight excluding hydrogens is 457 g/mol. The van der Waals surface area contributed by atoms with E-state index in [0.29, 0.717) is 28.9 Å². The first-order valence-electron chi connectivity index (χ1n) is 12.8. The number of halogens is 1. The van der Waals surface area contributed by atoms with E-state index >= 15 is 0 Å². The van der Waals surface area contributed by atoms with Gasteiger partial charge in [0.25, 0.3) is 5.91 Å². The highest BCUT2D eigenvalue weighted by atomic mass is 19.1. The Labute approximate surface area is 210 Å². The summed E-state index contributed by atoms with van der Waals surface area (Å²) in [4.78, 5) is 39.3. The Hall–Kier alpha value is -3.48. The minimum absolute atomic E-state index is 0.0492. The van der Waals surface area contributed by atoms with Crippen LogP contribution in [0, 0.1) is 17.7 Å². The van der Waals surface area contributed by atoms with Crippen LogP contribution in [0.25, 0.3) is 22.0 Å². The zero-order chi connectivity index (χ0) is 25.8. The molecule has 190 valence electrons. The van der Waals surface area contributed by atoms with Gasteiger partial charge in [-0.25, -0.2) is 4.39 Å². The topological polar surface area (TPSA) is 105 Å². The molecule has 1 fully saturated rings. The van der Waals surface area contributed by atoms with Gasteiger partial charge in [0.15, 0.2) is 5.78 Å². The molecule has 4 rings (SSSR count). The normalized spacial score (nSPS) is 18.3. The third-order valence-corrected chi connectivity index (χ3v) is 7.52. The number of benzene rings is 2. The van der Waals surface area contributed by atoms with Crippen LogP contribution in [-0.4, -0.2) is 28.6 Å². The Morgan fingerprint density at radius 3 is 2.53 bits per heavy atom. The summed E-state index contributed by atoms with van der Waals surface area (Å²) in [6.07, 6.45) is 7.61. The molecule has 3 atom stereocenters. The van der Waals surface area contributed by atoms with E-state index in [9.17, 15) is 18.8 Å². The number of nitrogens with one attached hydrogen (secondary N) is 2. The molecule has 2 aromatic carbocycles. The minimum atomic E-state index is -0.622. The average molecular weight is 492 g/mol.